The molecule has 5 rings (SSSR count). The largest absolute Gasteiger partial charge is 0.353 e. The zero-order chi connectivity index (χ0) is 26.3. The number of carbonyl (C=O) groups excluding carboxylic acids is 2. The Morgan fingerprint density at radius 2 is 1.32 bits per heavy atom. The molecule has 0 radical (unpaired) electrons. The van der Waals surface area contributed by atoms with Crippen LogP contribution in [0.2, 0.25) is 0 Å². The maximum atomic E-state index is 11.8. The van der Waals surface area contributed by atoms with Gasteiger partial charge in [-0.25, -0.2) is 0 Å². The van der Waals surface area contributed by atoms with Gasteiger partial charge in [0.2, 0.25) is 11.8 Å². The fourth-order valence-electron chi connectivity index (χ4n) is 4.33. The fourth-order valence-corrected chi connectivity index (χ4v) is 5.27. The molecular weight excluding hydrogens is 488 g/mol. The third-order valence-electron chi connectivity index (χ3n) is 6.45. The molecule has 3 aromatic carbocycles. The maximum absolute atomic E-state index is 11.8. The topological polar surface area (TPSA) is 102 Å². The van der Waals surface area contributed by atoms with E-state index in [1.165, 1.54) is 28.8 Å². The van der Waals surface area contributed by atoms with Gasteiger partial charge in [-0.15, -0.1) is 0 Å². The highest BCUT2D eigenvalue weighted by atomic mass is 32.2. The van der Waals surface area contributed by atoms with Crippen molar-refractivity contribution in [3.63, 3.8) is 0 Å². The van der Waals surface area contributed by atoms with Gasteiger partial charge in [0.05, 0.1) is 17.5 Å². The van der Waals surface area contributed by atoms with Crippen molar-refractivity contribution in [2.45, 2.75) is 56.0 Å². The van der Waals surface area contributed by atoms with E-state index in [-0.39, 0.29) is 29.4 Å². The van der Waals surface area contributed by atoms with Gasteiger partial charge in [-0.1, -0.05) is 72.3 Å². The van der Waals surface area contributed by atoms with Crippen molar-refractivity contribution in [3.8, 4) is 11.1 Å². The van der Waals surface area contributed by atoms with Crippen LogP contribution in [0.5, 0.6) is 0 Å². The van der Waals surface area contributed by atoms with Crippen molar-refractivity contribution in [1.29, 1.82) is 0 Å². The van der Waals surface area contributed by atoms with Crippen LogP contribution in [0.15, 0.2) is 83.8 Å². The van der Waals surface area contributed by atoms with E-state index in [9.17, 15) is 18.0 Å². The number of benzene rings is 3. The first-order valence-electron chi connectivity index (χ1n) is 12.5. The van der Waals surface area contributed by atoms with E-state index in [0.29, 0.717) is 25.3 Å². The van der Waals surface area contributed by atoms with E-state index in [1.807, 2.05) is 13.0 Å². The number of carbonyl (C=O) groups is 2. The average molecular weight is 521 g/mol. The fraction of sp³-hybridized carbons (Fsp3) is 0.310. The Balaban J connectivity index is 0.000000173. The van der Waals surface area contributed by atoms with E-state index >= 15 is 0 Å². The van der Waals surface area contributed by atoms with Gasteiger partial charge in [-0.05, 0) is 55.0 Å². The first-order valence-corrected chi connectivity index (χ1v) is 13.9. The lowest BCUT2D eigenvalue weighted by molar-refractivity contribution is -0.120. The second-order valence-corrected chi connectivity index (χ2v) is 11.0. The molecule has 2 fully saturated rings. The Bertz CT molecular complexity index is 1310. The van der Waals surface area contributed by atoms with Crippen molar-refractivity contribution in [2.24, 2.45) is 0 Å². The second kappa shape index (κ2) is 12.2. The number of rotatable bonds is 7. The van der Waals surface area contributed by atoms with Crippen LogP contribution in [0.3, 0.4) is 0 Å². The summed E-state index contributed by atoms with van der Waals surface area (Å²) in [4.78, 5) is 22.3. The Kier molecular flexibility index (Phi) is 8.74. The minimum atomic E-state index is -3.73. The summed E-state index contributed by atoms with van der Waals surface area (Å²) in [5.74, 6) is 0.127. The van der Waals surface area contributed by atoms with Gasteiger partial charge in [-0.2, -0.15) is 8.42 Å². The Morgan fingerprint density at radius 3 is 1.89 bits per heavy atom. The summed E-state index contributed by atoms with van der Waals surface area (Å²) in [5, 5.41) is 5.67. The highest BCUT2D eigenvalue weighted by molar-refractivity contribution is 7.86. The zero-order valence-corrected chi connectivity index (χ0v) is 21.7. The molecule has 2 atom stereocenters. The number of nitrogens with one attached hydrogen (secondary N) is 2. The molecule has 0 unspecified atom stereocenters. The Morgan fingerprint density at radius 1 is 0.757 bits per heavy atom. The summed E-state index contributed by atoms with van der Waals surface area (Å²) in [6, 6.07) is 25.6. The highest BCUT2D eigenvalue weighted by Crippen LogP contribution is 2.21. The van der Waals surface area contributed by atoms with Crippen molar-refractivity contribution in [1.82, 2.24) is 10.6 Å². The average Bonchev–Trinajstić information content (AvgIpc) is 3.52. The zero-order valence-electron chi connectivity index (χ0n) is 20.9. The van der Waals surface area contributed by atoms with Crippen molar-refractivity contribution < 1.29 is 22.2 Å². The number of hydrogen-bond donors (Lipinski definition) is 2. The summed E-state index contributed by atoms with van der Waals surface area (Å²) >= 11 is 0. The molecule has 2 heterocycles. The third-order valence-corrected chi connectivity index (χ3v) is 7.74. The molecule has 2 amide bonds. The maximum Gasteiger partial charge on any atom is 0.297 e. The SMILES string of the molecule is Cc1ccc(S(=O)(=O)OC[C@@H]2CCC(=O)N2)cc1.O=C1CC[C@@H](Cc2ccc(-c3ccccc3)cc2)N1. The molecule has 0 bridgehead atoms. The van der Waals surface area contributed by atoms with Crippen LogP contribution in [0, 0.1) is 6.92 Å². The Hall–Kier alpha value is -3.49. The highest BCUT2D eigenvalue weighted by Gasteiger charge is 2.24. The number of hydrogen-bond acceptors (Lipinski definition) is 5. The molecule has 0 spiro atoms. The predicted molar refractivity (Wildman–Crippen MR) is 142 cm³/mol. The van der Waals surface area contributed by atoms with Gasteiger partial charge in [0, 0.05) is 18.9 Å². The van der Waals surface area contributed by atoms with Crippen LogP contribution in [-0.2, 0) is 30.3 Å². The number of amides is 2. The molecule has 2 aliphatic rings. The molecule has 0 aromatic heterocycles. The summed E-state index contributed by atoms with van der Waals surface area (Å²) in [5.41, 5.74) is 4.74. The van der Waals surface area contributed by atoms with Crippen LogP contribution >= 0.6 is 0 Å². The molecule has 3 aromatic rings. The van der Waals surface area contributed by atoms with Crippen LogP contribution in [0.25, 0.3) is 11.1 Å². The van der Waals surface area contributed by atoms with Crippen molar-refractivity contribution in [3.05, 3.63) is 90.0 Å². The standard InChI is InChI=1S/C17H17NO.C12H15NO4S/c19-17-11-10-16(18-17)12-13-6-8-15(9-7-13)14-4-2-1-3-5-14;1-9-2-5-11(6-3-9)18(15,16)17-8-10-4-7-12(14)13-10/h1-9,16H,10-12H2,(H,18,19);2-3,5-6,10H,4,7-8H2,1H3,(H,13,14)/t16-;10-/m00/s1. The van der Waals surface area contributed by atoms with Gasteiger partial charge >= 0.3 is 0 Å². The van der Waals surface area contributed by atoms with E-state index < -0.39 is 10.1 Å². The molecule has 7 nitrogen and oxygen atoms in total. The van der Waals surface area contributed by atoms with Gasteiger partial charge in [0.1, 0.15) is 0 Å². The van der Waals surface area contributed by atoms with Gasteiger partial charge < -0.3 is 10.6 Å². The summed E-state index contributed by atoms with van der Waals surface area (Å²) in [7, 11) is -3.73. The molecule has 37 heavy (non-hydrogen) atoms. The molecular formula is C29H32N2O5S. The van der Waals surface area contributed by atoms with Crippen molar-refractivity contribution in [2.75, 3.05) is 6.61 Å². The van der Waals surface area contributed by atoms with E-state index in [0.717, 1.165) is 18.4 Å². The van der Waals surface area contributed by atoms with Crippen LogP contribution in [-0.4, -0.2) is 38.9 Å². The van der Waals surface area contributed by atoms with Crippen LogP contribution < -0.4 is 10.6 Å². The van der Waals surface area contributed by atoms with Crippen molar-refractivity contribution >= 4 is 21.9 Å². The third kappa shape index (κ3) is 7.74. The van der Waals surface area contributed by atoms with E-state index in [1.54, 1.807) is 12.1 Å². The normalized spacial score (nSPS) is 19.1. The molecule has 2 aliphatic heterocycles. The predicted octanol–water partition coefficient (Wildman–Crippen LogP) is 4.15. The first kappa shape index (κ1) is 26.6. The molecule has 194 valence electrons. The first-order chi connectivity index (χ1) is 17.8. The summed E-state index contributed by atoms with van der Waals surface area (Å²) in [6.45, 7) is 1.87. The monoisotopic (exact) mass is 520 g/mol. The van der Waals surface area contributed by atoms with E-state index in [2.05, 4.69) is 59.2 Å². The summed E-state index contributed by atoms with van der Waals surface area (Å²) in [6.07, 6.45) is 3.60. The van der Waals surface area contributed by atoms with Crippen LogP contribution in [0.4, 0.5) is 0 Å². The minimum absolute atomic E-state index is 0.0120. The Labute approximate surface area is 218 Å². The van der Waals surface area contributed by atoms with Gasteiger partial charge in [-0.3, -0.25) is 13.8 Å². The second-order valence-electron chi connectivity index (χ2n) is 9.42. The van der Waals surface area contributed by atoms with Gasteiger partial charge in [0.15, 0.2) is 0 Å². The van der Waals surface area contributed by atoms with Gasteiger partial charge in [0.25, 0.3) is 10.1 Å². The molecule has 2 saturated heterocycles. The molecule has 0 saturated carbocycles. The lowest BCUT2D eigenvalue weighted by atomic mass is 10.0. The quantitative estimate of drug-likeness (QED) is 0.456. The molecule has 0 aliphatic carbocycles. The van der Waals surface area contributed by atoms with E-state index in [4.69, 9.17) is 4.18 Å². The smallest absolute Gasteiger partial charge is 0.297 e. The lowest BCUT2D eigenvalue weighted by Gasteiger charge is -2.10. The minimum Gasteiger partial charge on any atom is -0.353 e. The number of aryl methyl sites for hydroxylation is 1. The lowest BCUT2D eigenvalue weighted by Crippen LogP contribution is -2.30. The molecule has 2 N–H and O–H groups in total. The van der Waals surface area contributed by atoms with Crippen LogP contribution in [0.1, 0.15) is 36.8 Å². The molecule has 8 heteroatoms. The summed E-state index contributed by atoms with van der Waals surface area (Å²) < 4.78 is 28.6.